The number of carbonyl (C=O) groups is 2. The van der Waals surface area contributed by atoms with Gasteiger partial charge in [0.1, 0.15) is 12.4 Å². The average Bonchev–Trinajstić information content (AvgIpc) is 3.08. The number of hydrogen-bond acceptors (Lipinski definition) is 2. The Labute approximate surface area is 161 Å². The Kier molecular flexibility index (Phi) is 3.59. The molecule has 5 nitrogen and oxygen atoms in total. The maximum atomic E-state index is 13.6. The number of hydrogen-bond donors (Lipinski definition) is 1. The van der Waals surface area contributed by atoms with Gasteiger partial charge >= 0.3 is 0 Å². The van der Waals surface area contributed by atoms with E-state index in [1.807, 2.05) is 25.1 Å². The van der Waals surface area contributed by atoms with Gasteiger partial charge in [0.25, 0.3) is 5.91 Å². The van der Waals surface area contributed by atoms with Crippen LogP contribution >= 0.6 is 0 Å². The highest BCUT2D eigenvalue weighted by Gasteiger charge is 2.54. The minimum atomic E-state index is -1.05. The normalized spacial score (nSPS) is 21.8. The molecule has 2 aliphatic rings. The zero-order chi connectivity index (χ0) is 19.5. The van der Waals surface area contributed by atoms with Crippen LogP contribution in [-0.2, 0) is 28.1 Å². The number of piperazine rings is 1. The van der Waals surface area contributed by atoms with Gasteiger partial charge in [0.2, 0.25) is 5.91 Å². The third-order valence-electron chi connectivity index (χ3n) is 6.04. The molecule has 2 aliphatic heterocycles. The molecular formula is C22H20FN3O2. The highest BCUT2D eigenvalue weighted by atomic mass is 19.1. The third-order valence-corrected chi connectivity index (χ3v) is 6.04. The largest absolute Gasteiger partial charge is 0.356 e. The fourth-order valence-corrected chi connectivity index (χ4v) is 4.62. The van der Waals surface area contributed by atoms with E-state index < -0.39 is 5.54 Å². The number of aromatic amines is 1. The van der Waals surface area contributed by atoms with Gasteiger partial charge < -0.3 is 14.8 Å². The molecule has 2 aromatic carbocycles. The van der Waals surface area contributed by atoms with Crippen LogP contribution in [0.4, 0.5) is 4.39 Å². The molecule has 1 saturated heterocycles. The zero-order valence-corrected chi connectivity index (χ0v) is 15.5. The summed E-state index contributed by atoms with van der Waals surface area (Å²) in [4.78, 5) is 33.2. The van der Waals surface area contributed by atoms with Crippen molar-refractivity contribution in [1.82, 2.24) is 14.8 Å². The minimum absolute atomic E-state index is 0.0430. The Morgan fingerprint density at radius 2 is 1.86 bits per heavy atom. The number of fused-ring (bicyclic) bond motifs is 5. The maximum Gasteiger partial charge on any atom is 0.255 e. The smallest absolute Gasteiger partial charge is 0.255 e. The summed E-state index contributed by atoms with van der Waals surface area (Å²) >= 11 is 0. The van der Waals surface area contributed by atoms with Gasteiger partial charge in [-0.25, -0.2) is 4.39 Å². The van der Waals surface area contributed by atoms with Crippen molar-refractivity contribution in [2.75, 3.05) is 13.1 Å². The van der Waals surface area contributed by atoms with Crippen molar-refractivity contribution in [3.8, 4) is 0 Å². The molecule has 28 heavy (non-hydrogen) atoms. The van der Waals surface area contributed by atoms with E-state index in [2.05, 4.69) is 11.1 Å². The summed E-state index contributed by atoms with van der Waals surface area (Å²) < 4.78 is 13.2. The van der Waals surface area contributed by atoms with E-state index in [0.717, 1.165) is 34.1 Å². The van der Waals surface area contributed by atoms with E-state index in [9.17, 15) is 14.0 Å². The molecule has 1 fully saturated rings. The lowest BCUT2D eigenvalue weighted by atomic mass is 9.83. The molecule has 1 atom stereocenters. The summed E-state index contributed by atoms with van der Waals surface area (Å²) in [6.45, 7) is 2.68. The summed E-state index contributed by atoms with van der Waals surface area (Å²) in [5.74, 6) is -0.490. The fraction of sp³-hybridized carbons (Fsp3) is 0.273. The van der Waals surface area contributed by atoms with E-state index in [4.69, 9.17) is 0 Å². The second kappa shape index (κ2) is 5.92. The van der Waals surface area contributed by atoms with Gasteiger partial charge in [-0.3, -0.25) is 9.59 Å². The lowest BCUT2D eigenvalue weighted by Gasteiger charge is -2.49. The summed E-state index contributed by atoms with van der Waals surface area (Å²) in [7, 11) is 0. The Hall–Kier alpha value is -3.15. The summed E-state index contributed by atoms with van der Waals surface area (Å²) in [6, 6.07) is 14.0. The van der Waals surface area contributed by atoms with Gasteiger partial charge in [0.05, 0.1) is 5.69 Å². The molecule has 0 unspecified atom stereocenters. The molecular weight excluding hydrogens is 357 g/mol. The monoisotopic (exact) mass is 377 g/mol. The lowest BCUT2D eigenvalue weighted by Crippen LogP contribution is -2.66. The van der Waals surface area contributed by atoms with Crippen LogP contribution in [0.3, 0.4) is 0 Å². The Morgan fingerprint density at radius 3 is 2.64 bits per heavy atom. The number of rotatable bonds is 2. The van der Waals surface area contributed by atoms with Crippen molar-refractivity contribution in [2.45, 2.75) is 25.4 Å². The predicted octanol–water partition coefficient (Wildman–Crippen LogP) is 2.95. The van der Waals surface area contributed by atoms with Crippen molar-refractivity contribution in [1.29, 1.82) is 0 Å². The Morgan fingerprint density at radius 1 is 1.11 bits per heavy atom. The highest BCUT2D eigenvalue weighted by molar-refractivity contribution is 6.00. The van der Waals surface area contributed by atoms with Crippen molar-refractivity contribution >= 4 is 22.7 Å². The van der Waals surface area contributed by atoms with Crippen molar-refractivity contribution < 1.29 is 14.0 Å². The molecule has 142 valence electrons. The molecule has 6 heteroatoms. The number of halogens is 1. The number of carbonyl (C=O) groups excluding carboxylic acids is 2. The molecule has 0 spiro atoms. The van der Waals surface area contributed by atoms with Gasteiger partial charge in [0.15, 0.2) is 5.54 Å². The molecule has 0 bridgehead atoms. The average molecular weight is 377 g/mol. The van der Waals surface area contributed by atoms with Crippen LogP contribution < -0.4 is 0 Å². The minimum Gasteiger partial charge on any atom is -0.356 e. The number of aromatic nitrogens is 1. The van der Waals surface area contributed by atoms with Crippen LogP contribution in [0, 0.1) is 5.82 Å². The van der Waals surface area contributed by atoms with Crippen molar-refractivity contribution in [3.05, 3.63) is 71.2 Å². The van der Waals surface area contributed by atoms with Crippen molar-refractivity contribution in [2.24, 2.45) is 0 Å². The molecule has 0 saturated carbocycles. The van der Waals surface area contributed by atoms with Crippen LogP contribution in [0.15, 0.2) is 48.5 Å². The Balaban J connectivity index is 1.58. The highest BCUT2D eigenvalue weighted by Crippen LogP contribution is 2.42. The first-order valence-corrected chi connectivity index (χ1v) is 9.43. The van der Waals surface area contributed by atoms with E-state index >= 15 is 0 Å². The third kappa shape index (κ3) is 2.30. The van der Waals surface area contributed by atoms with Crippen LogP contribution in [-0.4, -0.2) is 39.7 Å². The molecule has 1 N–H and O–H groups in total. The van der Waals surface area contributed by atoms with E-state index in [1.165, 1.54) is 12.1 Å². The first kappa shape index (κ1) is 17.0. The molecule has 0 aliphatic carbocycles. The number of nitrogens with one attached hydrogen (secondary N) is 1. The number of para-hydroxylation sites is 1. The second-order valence-electron chi connectivity index (χ2n) is 7.68. The predicted molar refractivity (Wildman–Crippen MR) is 103 cm³/mol. The SMILES string of the molecule is C[C@@]12C(=O)N(Cc3ccc(F)cc3)CC(=O)N1CCc1c2[nH]c2ccccc12. The standard InChI is InChI=1S/C22H20FN3O2/c1-22-20-17(16-4-2-3-5-18(16)24-20)10-11-26(22)19(27)13-25(21(22)28)12-14-6-8-15(23)9-7-14/h2-9,24H,10-13H2,1H3/t22-/m1/s1. The number of amides is 2. The van der Waals surface area contributed by atoms with Gasteiger partial charge in [-0.1, -0.05) is 30.3 Å². The first-order valence-electron chi connectivity index (χ1n) is 9.43. The lowest BCUT2D eigenvalue weighted by molar-refractivity contribution is -0.166. The summed E-state index contributed by atoms with van der Waals surface area (Å²) in [6.07, 6.45) is 0.728. The van der Waals surface area contributed by atoms with Crippen LogP contribution in [0.2, 0.25) is 0 Å². The van der Waals surface area contributed by atoms with Crippen LogP contribution in [0.5, 0.6) is 0 Å². The van der Waals surface area contributed by atoms with Gasteiger partial charge in [-0.15, -0.1) is 0 Å². The number of nitrogens with zero attached hydrogens (tertiary/aromatic N) is 2. The van der Waals surface area contributed by atoms with E-state index in [1.54, 1.807) is 21.9 Å². The molecule has 3 heterocycles. The quantitative estimate of drug-likeness (QED) is 0.747. The Bertz CT molecular complexity index is 1100. The van der Waals surface area contributed by atoms with E-state index in [-0.39, 0.29) is 30.7 Å². The molecule has 3 aromatic rings. The van der Waals surface area contributed by atoms with Gasteiger partial charge in [0, 0.05) is 24.0 Å². The number of H-pyrrole nitrogens is 1. The van der Waals surface area contributed by atoms with Crippen LogP contribution in [0.25, 0.3) is 10.9 Å². The molecule has 1 aromatic heterocycles. The van der Waals surface area contributed by atoms with Gasteiger partial charge in [-0.2, -0.15) is 0 Å². The summed E-state index contributed by atoms with van der Waals surface area (Å²) in [5.41, 5.74) is 2.64. The molecule has 0 radical (unpaired) electrons. The number of benzene rings is 2. The summed E-state index contributed by atoms with van der Waals surface area (Å²) in [5, 5.41) is 1.11. The topological polar surface area (TPSA) is 56.4 Å². The maximum absolute atomic E-state index is 13.6. The van der Waals surface area contributed by atoms with Crippen molar-refractivity contribution in [3.63, 3.8) is 0 Å². The second-order valence-corrected chi connectivity index (χ2v) is 7.68. The first-order chi connectivity index (χ1) is 13.5. The molecule has 5 rings (SSSR count). The molecule has 2 amide bonds. The van der Waals surface area contributed by atoms with Gasteiger partial charge in [-0.05, 0) is 42.7 Å². The van der Waals surface area contributed by atoms with E-state index in [0.29, 0.717) is 6.54 Å². The van der Waals surface area contributed by atoms with Crippen LogP contribution in [0.1, 0.15) is 23.7 Å². The zero-order valence-electron chi connectivity index (χ0n) is 15.5. The fourth-order valence-electron chi connectivity index (χ4n) is 4.62.